The van der Waals surface area contributed by atoms with E-state index in [0.29, 0.717) is 11.3 Å². The normalized spacial score (nSPS) is 11.2. The summed E-state index contributed by atoms with van der Waals surface area (Å²) in [7, 11) is -2.76. The smallest absolute Gasteiger partial charge is 0.265 e. The van der Waals surface area contributed by atoms with Gasteiger partial charge in [-0.15, -0.1) is 0 Å². The van der Waals surface area contributed by atoms with Gasteiger partial charge in [0.05, 0.1) is 17.8 Å². The Bertz CT molecular complexity index is 1090. The molecule has 0 saturated carbocycles. The Morgan fingerprint density at radius 3 is 2.37 bits per heavy atom. The number of aromatic hydroxyl groups is 1. The lowest BCUT2D eigenvalue weighted by molar-refractivity contribution is 0.417. The van der Waals surface area contributed by atoms with Gasteiger partial charge in [0.15, 0.2) is 5.75 Å². The zero-order valence-corrected chi connectivity index (χ0v) is 16.4. The van der Waals surface area contributed by atoms with Gasteiger partial charge in [-0.1, -0.05) is 65.7 Å². The van der Waals surface area contributed by atoms with E-state index in [1.54, 1.807) is 18.2 Å². The summed E-state index contributed by atoms with van der Waals surface area (Å²) in [6, 6.07) is 16.8. The third-order valence-corrected chi connectivity index (χ3v) is 5.72. The number of phenolic OH excluding ortho intramolecular Hbond substituents is 1. The lowest BCUT2D eigenvalue weighted by atomic mass is 10.0. The van der Waals surface area contributed by atoms with E-state index >= 15 is 0 Å². The average Bonchev–Trinajstić information content (AvgIpc) is 2.65. The Kier molecular flexibility index (Phi) is 5.51. The van der Waals surface area contributed by atoms with Crippen molar-refractivity contribution in [1.29, 1.82) is 0 Å². The highest BCUT2D eigenvalue weighted by molar-refractivity contribution is 7.92. The third-order valence-electron chi connectivity index (χ3n) is 3.85. The van der Waals surface area contributed by atoms with Crippen molar-refractivity contribution in [2.75, 3.05) is 11.8 Å². The number of halogens is 2. The van der Waals surface area contributed by atoms with Crippen LogP contribution in [0.1, 0.15) is 0 Å². The van der Waals surface area contributed by atoms with E-state index in [2.05, 4.69) is 4.72 Å². The number of hydrogen-bond acceptors (Lipinski definition) is 4. The SMILES string of the molecule is COc1cccc(-c2ccccc2)c1NS(=O)(=O)c1cc(Cl)cc(Cl)c1O. The minimum absolute atomic E-state index is 0.0847. The molecule has 3 aromatic rings. The molecular weight excluding hydrogens is 409 g/mol. The zero-order chi connectivity index (χ0) is 19.6. The van der Waals surface area contributed by atoms with Crippen LogP contribution in [0.2, 0.25) is 10.0 Å². The van der Waals surface area contributed by atoms with E-state index in [1.165, 1.54) is 13.2 Å². The van der Waals surface area contributed by atoms with E-state index in [1.807, 2.05) is 30.3 Å². The largest absolute Gasteiger partial charge is 0.505 e. The molecule has 0 heterocycles. The molecule has 0 amide bonds. The van der Waals surface area contributed by atoms with Crippen LogP contribution in [0.25, 0.3) is 11.1 Å². The number of hydrogen-bond donors (Lipinski definition) is 2. The van der Waals surface area contributed by atoms with Crippen LogP contribution < -0.4 is 9.46 Å². The fourth-order valence-corrected chi connectivity index (χ4v) is 4.45. The molecule has 0 aliphatic heterocycles. The number of nitrogens with one attached hydrogen (secondary N) is 1. The van der Waals surface area contributed by atoms with Gasteiger partial charge in [0, 0.05) is 10.6 Å². The molecule has 0 aliphatic rings. The predicted octanol–water partition coefficient (Wildman–Crippen LogP) is 5.18. The highest BCUT2D eigenvalue weighted by Gasteiger charge is 2.24. The lowest BCUT2D eigenvalue weighted by Crippen LogP contribution is -2.15. The summed E-state index contributed by atoms with van der Waals surface area (Å²) in [6.07, 6.45) is 0. The van der Waals surface area contributed by atoms with Crippen LogP contribution in [-0.2, 0) is 10.0 Å². The molecule has 3 rings (SSSR count). The number of phenols is 1. The number of rotatable bonds is 5. The molecule has 3 aromatic carbocycles. The molecule has 0 spiro atoms. The molecule has 8 heteroatoms. The Labute approximate surface area is 167 Å². The van der Waals surface area contributed by atoms with Crippen molar-refractivity contribution in [2.24, 2.45) is 0 Å². The average molecular weight is 424 g/mol. The maximum Gasteiger partial charge on any atom is 0.265 e. The van der Waals surface area contributed by atoms with Crippen molar-refractivity contribution in [3.05, 3.63) is 70.7 Å². The number of anilines is 1. The van der Waals surface area contributed by atoms with Gasteiger partial charge in [-0.2, -0.15) is 0 Å². The van der Waals surface area contributed by atoms with Crippen molar-refractivity contribution in [3.8, 4) is 22.6 Å². The number of sulfonamides is 1. The summed E-state index contributed by atoms with van der Waals surface area (Å²) in [5.74, 6) is -0.253. The van der Waals surface area contributed by atoms with Crippen molar-refractivity contribution in [2.45, 2.75) is 4.90 Å². The van der Waals surface area contributed by atoms with Crippen molar-refractivity contribution < 1.29 is 18.3 Å². The minimum Gasteiger partial charge on any atom is -0.505 e. The Hall–Kier alpha value is -2.41. The van der Waals surface area contributed by atoms with Crippen LogP contribution >= 0.6 is 23.2 Å². The molecule has 0 unspecified atom stereocenters. The van der Waals surface area contributed by atoms with Gasteiger partial charge in [-0.05, 0) is 23.8 Å². The highest BCUT2D eigenvalue weighted by atomic mass is 35.5. The molecule has 5 nitrogen and oxygen atoms in total. The summed E-state index contributed by atoms with van der Waals surface area (Å²) in [4.78, 5) is -0.426. The van der Waals surface area contributed by atoms with Crippen molar-refractivity contribution >= 4 is 38.9 Å². The van der Waals surface area contributed by atoms with Gasteiger partial charge in [0.1, 0.15) is 10.6 Å². The fraction of sp³-hybridized carbons (Fsp3) is 0.0526. The number of benzene rings is 3. The van der Waals surface area contributed by atoms with Crippen molar-refractivity contribution in [3.63, 3.8) is 0 Å². The second-order valence-electron chi connectivity index (χ2n) is 5.59. The van der Waals surface area contributed by atoms with Gasteiger partial charge < -0.3 is 9.84 Å². The first-order valence-electron chi connectivity index (χ1n) is 7.76. The molecule has 0 saturated heterocycles. The van der Waals surface area contributed by atoms with E-state index < -0.39 is 20.7 Å². The van der Waals surface area contributed by atoms with Crippen LogP contribution in [0.5, 0.6) is 11.5 Å². The summed E-state index contributed by atoms with van der Waals surface area (Å²) < 4.78 is 33.7. The molecule has 0 aliphatic carbocycles. The summed E-state index contributed by atoms with van der Waals surface area (Å²) >= 11 is 11.8. The highest BCUT2D eigenvalue weighted by Crippen LogP contribution is 2.40. The van der Waals surface area contributed by atoms with Gasteiger partial charge in [-0.25, -0.2) is 8.42 Å². The molecule has 0 radical (unpaired) electrons. The van der Waals surface area contributed by atoms with E-state index in [9.17, 15) is 13.5 Å². The molecule has 140 valence electrons. The molecule has 2 N–H and O–H groups in total. The Morgan fingerprint density at radius 2 is 1.70 bits per heavy atom. The monoisotopic (exact) mass is 423 g/mol. The number of methoxy groups -OCH3 is 1. The second-order valence-corrected chi connectivity index (χ2v) is 8.08. The van der Waals surface area contributed by atoms with Gasteiger partial charge in [-0.3, -0.25) is 4.72 Å². The number of ether oxygens (including phenoxy) is 1. The summed E-state index contributed by atoms with van der Waals surface area (Å²) in [5, 5.41) is 10.0. The Balaban J connectivity index is 2.15. The number of para-hydroxylation sites is 1. The van der Waals surface area contributed by atoms with Gasteiger partial charge in [0.25, 0.3) is 10.0 Å². The molecular formula is C19H15Cl2NO4S. The van der Waals surface area contributed by atoms with E-state index in [4.69, 9.17) is 27.9 Å². The first-order chi connectivity index (χ1) is 12.8. The maximum atomic E-state index is 12.9. The summed E-state index contributed by atoms with van der Waals surface area (Å²) in [5.41, 5.74) is 1.65. The summed E-state index contributed by atoms with van der Waals surface area (Å²) in [6.45, 7) is 0. The maximum absolute atomic E-state index is 12.9. The van der Waals surface area contributed by atoms with Crippen LogP contribution in [-0.4, -0.2) is 20.6 Å². The molecule has 0 atom stereocenters. The third kappa shape index (κ3) is 3.98. The quantitative estimate of drug-likeness (QED) is 0.592. The molecule has 0 bridgehead atoms. The van der Waals surface area contributed by atoms with Crippen molar-refractivity contribution in [1.82, 2.24) is 0 Å². The molecule has 0 aromatic heterocycles. The molecule has 27 heavy (non-hydrogen) atoms. The first kappa shape index (κ1) is 19.4. The topological polar surface area (TPSA) is 75.6 Å². The van der Waals surface area contributed by atoms with Crippen LogP contribution in [0.4, 0.5) is 5.69 Å². The zero-order valence-electron chi connectivity index (χ0n) is 14.1. The fourth-order valence-electron chi connectivity index (χ4n) is 2.60. The predicted molar refractivity (Wildman–Crippen MR) is 107 cm³/mol. The second kappa shape index (κ2) is 7.68. The van der Waals surface area contributed by atoms with Gasteiger partial charge in [0.2, 0.25) is 0 Å². The minimum atomic E-state index is -4.20. The van der Waals surface area contributed by atoms with E-state index in [-0.39, 0.29) is 15.7 Å². The first-order valence-corrected chi connectivity index (χ1v) is 10.0. The Morgan fingerprint density at radius 1 is 1.00 bits per heavy atom. The van der Waals surface area contributed by atoms with E-state index in [0.717, 1.165) is 11.6 Å². The lowest BCUT2D eigenvalue weighted by Gasteiger charge is -2.17. The molecule has 0 fully saturated rings. The van der Waals surface area contributed by atoms with Gasteiger partial charge >= 0.3 is 0 Å². The van der Waals surface area contributed by atoms with Crippen LogP contribution in [0.3, 0.4) is 0 Å². The van der Waals surface area contributed by atoms with Crippen LogP contribution in [0, 0.1) is 0 Å². The van der Waals surface area contributed by atoms with Crippen LogP contribution in [0.15, 0.2) is 65.6 Å². The standard InChI is InChI=1S/C19H15Cl2NO4S/c1-26-16-9-5-8-14(12-6-3-2-4-7-12)18(16)22-27(24,25)17-11-13(20)10-15(21)19(17)23/h2-11,22-23H,1H3.